The topological polar surface area (TPSA) is 34.4 Å². The fraction of sp³-hybridized carbons (Fsp3) is 0.125. The van der Waals surface area contributed by atoms with Gasteiger partial charge in [0.1, 0.15) is 11.5 Å². The summed E-state index contributed by atoms with van der Waals surface area (Å²) in [6, 6.07) is 14.1. The van der Waals surface area contributed by atoms with E-state index < -0.39 is 0 Å². The van der Waals surface area contributed by atoms with Crippen LogP contribution in [0.25, 0.3) is 5.52 Å². The summed E-state index contributed by atoms with van der Waals surface area (Å²) in [4.78, 5) is 15.6. The van der Waals surface area contributed by atoms with Gasteiger partial charge in [0.25, 0.3) is 0 Å². The van der Waals surface area contributed by atoms with E-state index in [4.69, 9.17) is 0 Å². The van der Waals surface area contributed by atoms with Gasteiger partial charge in [-0.3, -0.25) is 4.79 Å². The molecule has 3 heteroatoms. The molecule has 0 aliphatic heterocycles. The van der Waals surface area contributed by atoms with Crippen LogP contribution in [-0.4, -0.2) is 15.7 Å². The Morgan fingerprint density at radius 3 is 2.68 bits per heavy atom. The van der Waals surface area contributed by atoms with E-state index >= 15 is 0 Å². The molecule has 19 heavy (non-hydrogen) atoms. The number of aldehydes is 1. The highest BCUT2D eigenvalue weighted by Gasteiger charge is 2.12. The first-order chi connectivity index (χ1) is 9.29. The summed E-state index contributed by atoms with van der Waals surface area (Å²) in [5.74, 6) is 0.895. The molecule has 0 bridgehead atoms. The quantitative estimate of drug-likeness (QED) is 0.669. The number of nitrogens with zero attached hydrogens (tertiary/aromatic N) is 2. The van der Waals surface area contributed by atoms with Gasteiger partial charge in [-0.1, -0.05) is 36.4 Å². The molecule has 3 rings (SSSR count). The van der Waals surface area contributed by atoms with Crippen LogP contribution in [0.15, 0.2) is 48.7 Å². The zero-order valence-electron chi connectivity index (χ0n) is 10.7. The van der Waals surface area contributed by atoms with E-state index in [1.807, 2.05) is 47.9 Å². The van der Waals surface area contributed by atoms with E-state index in [2.05, 4.69) is 17.1 Å². The molecule has 0 unspecified atom stereocenters. The van der Waals surface area contributed by atoms with Gasteiger partial charge in [0.15, 0.2) is 6.29 Å². The maximum Gasteiger partial charge on any atom is 0.170 e. The number of fused-ring (bicyclic) bond motifs is 1. The number of rotatable bonds is 3. The highest BCUT2D eigenvalue weighted by atomic mass is 16.1. The first-order valence-corrected chi connectivity index (χ1v) is 6.25. The number of aromatic nitrogens is 2. The first-order valence-electron chi connectivity index (χ1n) is 6.25. The molecule has 0 aliphatic rings. The second-order valence-corrected chi connectivity index (χ2v) is 4.60. The van der Waals surface area contributed by atoms with Crippen molar-refractivity contribution < 1.29 is 4.79 Å². The number of hydrogen-bond acceptors (Lipinski definition) is 2. The van der Waals surface area contributed by atoms with Crippen LogP contribution in [0.1, 0.15) is 27.4 Å². The average molecular weight is 250 g/mol. The van der Waals surface area contributed by atoms with Gasteiger partial charge < -0.3 is 4.40 Å². The zero-order chi connectivity index (χ0) is 13.2. The van der Waals surface area contributed by atoms with Gasteiger partial charge >= 0.3 is 0 Å². The molecule has 3 aromatic rings. The molecule has 0 atom stereocenters. The van der Waals surface area contributed by atoms with Crippen molar-refractivity contribution in [3.8, 4) is 0 Å². The third kappa shape index (κ3) is 2.03. The van der Waals surface area contributed by atoms with E-state index in [0.29, 0.717) is 5.69 Å². The second kappa shape index (κ2) is 4.69. The molecule has 2 heterocycles. The first kappa shape index (κ1) is 11.7. The monoisotopic (exact) mass is 250 g/mol. The second-order valence-electron chi connectivity index (χ2n) is 4.60. The Morgan fingerprint density at radius 2 is 1.95 bits per heavy atom. The SMILES string of the molecule is Cc1cccn2c(Cc3ccccc3)nc(C=O)c12. The largest absolute Gasteiger partial charge is 0.302 e. The lowest BCUT2D eigenvalue weighted by Crippen LogP contribution is -1.96. The number of carbonyl (C=O) groups is 1. The van der Waals surface area contributed by atoms with E-state index in [0.717, 1.165) is 29.6 Å². The number of carbonyl (C=O) groups excluding carboxylic acids is 1. The molecule has 0 spiro atoms. The van der Waals surface area contributed by atoms with Crippen LogP contribution in [0, 0.1) is 6.92 Å². The van der Waals surface area contributed by atoms with Crippen LogP contribution < -0.4 is 0 Å². The van der Waals surface area contributed by atoms with Crippen LogP contribution in [0.2, 0.25) is 0 Å². The van der Waals surface area contributed by atoms with Gasteiger partial charge in [-0.25, -0.2) is 4.98 Å². The van der Waals surface area contributed by atoms with Crippen molar-refractivity contribution in [3.05, 3.63) is 71.3 Å². The molecular weight excluding hydrogens is 236 g/mol. The minimum atomic E-state index is 0.518. The summed E-state index contributed by atoms with van der Waals surface area (Å²) in [6.45, 7) is 2.00. The lowest BCUT2D eigenvalue weighted by Gasteiger charge is -2.03. The lowest BCUT2D eigenvalue weighted by molar-refractivity contribution is 0.112. The van der Waals surface area contributed by atoms with Gasteiger partial charge in [-0.15, -0.1) is 0 Å². The molecule has 3 nitrogen and oxygen atoms in total. The van der Waals surface area contributed by atoms with Gasteiger partial charge in [-0.2, -0.15) is 0 Å². The van der Waals surface area contributed by atoms with E-state index in [1.165, 1.54) is 5.56 Å². The van der Waals surface area contributed by atoms with E-state index in [1.54, 1.807) is 0 Å². The molecule has 0 radical (unpaired) electrons. The number of imidazole rings is 1. The molecule has 1 aromatic carbocycles. The molecule has 0 saturated carbocycles. The Labute approximate surface area is 111 Å². The molecule has 0 N–H and O–H groups in total. The van der Waals surface area contributed by atoms with Crippen molar-refractivity contribution in [2.45, 2.75) is 13.3 Å². The minimum absolute atomic E-state index is 0.518. The van der Waals surface area contributed by atoms with Crippen LogP contribution in [0.5, 0.6) is 0 Å². The molecular formula is C16H14N2O. The summed E-state index contributed by atoms with van der Waals surface area (Å²) < 4.78 is 2.01. The van der Waals surface area contributed by atoms with Crippen LogP contribution in [0.3, 0.4) is 0 Å². The minimum Gasteiger partial charge on any atom is -0.302 e. The summed E-state index contributed by atoms with van der Waals surface area (Å²) >= 11 is 0. The van der Waals surface area contributed by atoms with Crippen molar-refractivity contribution in [2.24, 2.45) is 0 Å². The Morgan fingerprint density at radius 1 is 1.16 bits per heavy atom. The standard InChI is InChI=1S/C16H14N2O/c1-12-6-5-9-18-15(17-14(11-19)16(12)18)10-13-7-3-2-4-8-13/h2-9,11H,10H2,1H3. The van der Waals surface area contributed by atoms with Crippen molar-refractivity contribution in [2.75, 3.05) is 0 Å². The predicted molar refractivity (Wildman–Crippen MR) is 74.6 cm³/mol. The van der Waals surface area contributed by atoms with Gasteiger partial charge in [0.2, 0.25) is 0 Å². The smallest absolute Gasteiger partial charge is 0.170 e. The Bertz CT molecular complexity index is 729. The third-order valence-electron chi connectivity index (χ3n) is 3.28. The zero-order valence-corrected chi connectivity index (χ0v) is 10.7. The molecule has 2 aromatic heterocycles. The maximum atomic E-state index is 11.2. The number of pyridine rings is 1. The number of aryl methyl sites for hydroxylation is 1. The third-order valence-corrected chi connectivity index (χ3v) is 3.28. The Kier molecular flexibility index (Phi) is 2.88. The molecule has 0 amide bonds. The lowest BCUT2D eigenvalue weighted by atomic mass is 10.1. The summed E-state index contributed by atoms with van der Waals surface area (Å²) in [6.07, 6.45) is 3.51. The Balaban J connectivity index is 2.14. The highest BCUT2D eigenvalue weighted by Crippen LogP contribution is 2.18. The van der Waals surface area contributed by atoms with Crippen LogP contribution >= 0.6 is 0 Å². The van der Waals surface area contributed by atoms with E-state index in [9.17, 15) is 4.79 Å². The molecule has 0 saturated heterocycles. The predicted octanol–water partition coefficient (Wildman–Crippen LogP) is 3.05. The summed E-state index contributed by atoms with van der Waals surface area (Å²) in [5.41, 5.74) is 3.68. The fourth-order valence-corrected chi connectivity index (χ4v) is 2.39. The molecule has 0 fully saturated rings. The highest BCUT2D eigenvalue weighted by molar-refractivity contribution is 5.85. The van der Waals surface area contributed by atoms with Crippen LogP contribution in [0.4, 0.5) is 0 Å². The average Bonchev–Trinajstić information content (AvgIpc) is 2.80. The van der Waals surface area contributed by atoms with Crippen LogP contribution in [-0.2, 0) is 6.42 Å². The summed E-state index contributed by atoms with van der Waals surface area (Å²) in [7, 11) is 0. The molecule has 0 aliphatic carbocycles. The summed E-state index contributed by atoms with van der Waals surface area (Å²) in [5, 5.41) is 0. The number of hydrogen-bond donors (Lipinski definition) is 0. The maximum absolute atomic E-state index is 11.2. The molecule has 94 valence electrons. The van der Waals surface area contributed by atoms with Crippen molar-refractivity contribution in [3.63, 3.8) is 0 Å². The van der Waals surface area contributed by atoms with Crippen molar-refractivity contribution in [1.29, 1.82) is 0 Å². The number of benzene rings is 1. The van der Waals surface area contributed by atoms with Gasteiger partial charge in [0.05, 0.1) is 5.52 Å². The van der Waals surface area contributed by atoms with Gasteiger partial charge in [-0.05, 0) is 24.1 Å². The normalized spacial score (nSPS) is 10.8. The fourth-order valence-electron chi connectivity index (χ4n) is 2.39. The Hall–Kier alpha value is -2.42. The van der Waals surface area contributed by atoms with Gasteiger partial charge in [0, 0.05) is 12.6 Å². The van der Waals surface area contributed by atoms with E-state index in [-0.39, 0.29) is 0 Å². The van der Waals surface area contributed by atoms with Crippen molar-refractivity contribution in [1.82, 2.24) is 9.38 Å². The van der Waals surface area contributed by atoms with Crippen molar-refractivity contribution >= 4 is 11.8 Å².